The van der Waals surface area contributed by atoms with Gasteiger partial charge in [-0.3, -0.25) is 19.3 Å². The van der Waals surface area contributed by atoms with E-state index in [0.29, 0.717) is 0 Å². The molecule has 3 aliphatic carbocycles. The van der Waals surface area contributed by atoms with Crippen molar-refractivity contribution < 1.29 is 19.1 Å². The Bertz CT molecular complexity index is 990. The fourth-order valence-corrected chi connectivity index (χ4v) is 7.61. The van der Waals surface area contributed by atoms with Crippen LogP contribution in [0.2, 0.25) is 0 Å². The van der Waals surface area contributed by atoms with Gasteiger partial charge in [0.1, 0.15) is 6.54 Å². The Hall–Kier alpha value is -1.99. The predicted octanol–water partition coefficient (Wildman–Crippen LogP) is 3.84. The summed E-state index contributed by atoms with van der Waals surface area (Å²) in [5, 5.41) is 0. The van der Waals surface area contributed by atoms with Gasteiger partial charge in [-0.2, -0.15) is 0 Å². The summed E-state index contributed by atoms with van der Waals surface area (Å²) in [4.78, 5) is 40.5. The predicted molar refractivity (Wildman–Crippen MR) is 117 cm³/mol. The van der Waals surface area contributed by atoms with Crippen LogP contribution in [0, 0.1) is 11.8 Å². The third-order valence-corrected chi connectivity index (χ3v) is 9.03. The summed E-state index contributed by atoms with van der Waals surface area (Å²) < 4.78 is 3.51. The van der Waals surface area contributed by atoms with Crippen LogP contribution < -0.4 is 0 Å². The minimum Gasteiger partial charge on any atom is -0.462 e. The minimum atomic E-state index is -0.843. The van der Waals surface area contributed by atoms with E-state index in [1.165, 1.54) is 0 Å². The highest BCUT2D eigenvalue weighted by atomic mass is 79.9. The van der Waals surface area contributed by atoms with Crippen molar-refractivity contribution in [2.75, 3.05) is 6.54 Å². The summed E-state index contributed by atoms with van der Waals surface area (Å²) in [7, 11) is 0. The van der Waals surface area contributed by atoms with Crippen LogP contribution in [0.3, 0.4) is 0 Å². The Morgan fingerprint density at radius 1 is 0.900 bits per heavy atom. The molecule has 1 aliphatic heterocycles. The standard InChI is InChI=1S/C23H19Br2NO4/c1-12(2)30-17(27)11-26-20(28)18-19(21(26)29)23(25)14-8-4-3-7-13(14)22(18,24)15-9-5-6-10-16(15)23/h3-10,12,18-19H,11H2,1-2H3/t18-,19-,22?,23?/m1/s1. The molecular weight excluding hydrogens is 514 g/mol. The van der Waals surface area contributed by atoms with Crippen LogP contribution in [-0.4, -0.2) is 35.3 Å². The van der Waals surface area contributed by atoms with Gasteiger partial charge >= 0.3 is 5.97 Å². The van der Waals surface area contributed by atoms with Gasteiger partial charge in [-0.15, -0.1) is 0 Å². The number of amides is 2. The molecule has 6 rings (SSSR count). The number of hydrogen-bond donors (Lipinski definition) is 0. The van der Waals surface area contributed by atoms with Gasteiger partial charge in [-0.25, -0.2) is 0 Å². The summed E-state index contributed by atoms with van der Waals surface area (Å²) in [6.07, 6.45) is -0.317. The van der Waals surface area contributed by atoms with E-state index in [-0.39, 0.29) is 24.5 Å². The molecule has 7 heteroatoms. The molecule has 0 N–H and O–H groups in total. The van der Waals surface area contributed by atoms with Crippen LogP contribution in [0.4, 0.5) is 0 Å². The highest BCUT2D eigenvalue weighted by molar-refractivity contribution is 9.10. The molecule has 0 radical (unpaired) electrons. The number of carbonyl (C=O) groups excluding carboxylic acids is 3. The second-order valence-electron chi connectivity index (χ2n) is 8.27. The summed E-state index contributed by atoms with van der Waals surface area (Å²) in [5.41, 5.74) is 3.87. The topological polar surface area (TPSA) is 63.7 Å². The second-order valence-corrected chi connectivity index (χ2v) is 10.8. The number of hydrogen-bond acceptors (Lipinski definition) is 4. The van der Waals surface area contributed by atoms with E-state index in [9.17, 15) is 14.4 Å². The number of alkyl halides is 2. The molecule has 1 saturated heterocycles. The maximum atomic E-state index is 13.6. The van der Waals surface area contributed by atoms with Crippen LogP contribution in [0.5, 0.6) is 0 Å². The van der Waals surface area contributed by atoms with Gasteiger partial charge in [0.05, 0.1) is 26.6 Å². The maximum Gasteiger partial charge on any atom is 0.326 e. The van der Waals surface area contributed by atoms with Crippen LogP contribution >= 0.6 is 31.9 Å². The fraction of sp³-hybridized carbons (Fsp3) is 0.348. The molecular formula is C23H19Br2NO4. The Balaban J connectivity index is 1.70. The number of halogens is 2. The highest BCUT2D eigenvalue weighted by Gasteiger charge is 2.72. The van der Waals surface area contributed by atoms with E-state index in [0.717, 1.165) is 27.2 Å². The van der Waals surface area contributed by atoms with Crippen molar-refractivity contribution in [3.63, 3.8) is 0 Å². The molecule has 0 saturated carbocycles. The first-order valence-corrected chi connectivity index (χ1v) is 11.4. The average Bonchev–Trinajstić information content (AvgIpc) is 2.97. The first-order valence-electron chi connectivity index (χ1n) is 9.84. The number of rotatable bonds is 3. The molecule has 2 atom stereocenters. The van der Waals surface area contributed by atoms with E-state index in [1.54, 1.807) is 13.8 Å². The Kier molecular flexibility index (Phi) is 4.32. The van der Waals surface area contributed by atoms with E-state index in [1.807, 2.05) is 48.5 Å². The van der Waals surface area contributed by atoms with E-state index in [4.69, 9.17) is 4.74 Å². The number of benzene rings is 2. The molecule has 0 unspecified atom stereocenters. The smallest absolute Gasteiger partial charge is 0.326 e. The number of carbonyl (C=O) groups is 3. The lowest BCUT2D eigenvalue weighted by molar-refractivity contribution is -0.155. The molecule has 5 nitrogen and oxygen atoms in total. The van der Waals surface area contributed by atoms with Gasteiger partial charge < -0.3 is 4.74 Å². The lowest BCUT2D eigenvalue weighted by Crippen LogP contribution is -2.56. The van der Waals surface area contributed by atoms with E-state index < -0.39 is 26.5 Å². The van der Waals surface area contributed by atoms with Crippen molar-refractivity contribution >= 4 is 49.6 Å². The Morgan fingerprint density at radius 3 is 1.60 bits per heavy atom. The zero-order chi connectivity index (χ0) is 21.4. The summed E-state index contributed by atoms with van der Waals surface area (Å²) in [6, 6.07) is 15.8. The first-order chi connectivity index (χ1) is 14.2. The average molecular weight is 533 g/mol. The zero-order valence-electron chi connectivity index (χ0n) is 16.4. The monoisotopic (exact) mass is 531 g/mol. The molecule has 154 valence electrons. The molecule has 0 spiro atoms. The number of imide groups is 1. The van der Waals surface area contributed by atoms with E-state index >= 15 is 0 Å². The number of likely N-dealkylation sites (tertiary alicyclic amines) is 1. The SMILES string of the molecule is CC(C)OC(=O)CN1C(=O)[C@H]2[C@H](C1=O)C1(Br)c3ccccc3C2(Br)c2ccccc21. The lowest BCUT2D eigenvalue weighted by Gasteiger charge is -2.55. The third kappa shape index (κ3) is 2.31. The van der Waals surface area contributed by atoms with Crippen LogP contribution in [0.1, 0.15) is 36.1 Å². The van der Waals surface area contributed by atoms with Gasteiger partial charge in [-0.05, 0) is 36.1 Å². The zero-order valence-corrected chi connectivity index (χ0v) is 19.6. The molecule has 1 fully saturated rings. The van der Waals surface area contributed by atoms with Gasteiger partial charge in [0.2, 0.25) is 11.8 Å². The van der Waals surface area contributed by atoms with Crippen molar-refractivity contribution in [3.8, 4) is 0 Å². The lowest BCUT2D eigenvalue weighted by atomic mass is 9.54. The van der Waals surface area contributed by atoms with Crippen LogP contribution in [-0.2, 0) is 27.8 Å². The van der Waals surface area contributed by atoms with Crippen LogP contribution in [0.25, 0.3) is 0 Å². The van der Waals surface area contributed by atoms with Crippen molar-refractivity contribution in [2.24, 2.45) is 11.8 Å². The molecule has 2 bridgehead atoms. The first kappa shape index (κ1) is 19.9. The molecule has 2 aromatic rings. The molecule has 2 amide bonds. The quantitative estimate of drug-likeness (QED) is 0.342. The molecule has 0 aromatic heterocycles. The molecule has 4 aliphatic rings. The molecule has 2 aromatic carbocycles. The van der Waals surface area contributed by atoms with Crippen molar-refractivity contribution in [2.45, 2.75) is 28.6 Å². The van der Waals surface area contributed by atoms with E-state index in [2.05, 4.69) is 31.9 Å². The van der Waals surface area contributed by atoms with Gasteiger partial charge in [0, 0.05) is 0 Å². The molecule has 30 heavy (non-hydrogen) atoms. The fourth-order valence-electron chi connectivity index (χ4n) is 5.31. The number of esters is 1. The third-order valence-electron chi connectivity index (χ3n) is 6.33. The Morgan fingerprint density at radius 2 is 1.27 bits per heavy atom. The van der Waals surface area contributed by atoms with Crippen molar-refractivity contribution in [1.29, 1.82) is 0 Å². The normalized spacial score (nSPS) is 30.9. The van der Waals surface area contributed by atoms with Crippen molar-refractivity contribution in [3.05, 3.63) is 70.8 Å². The van der Waals surface area contributed by atoms with Crippen LogP contribution in [0.15, 0.2) is 48.5 Å². The Labute approximate surface area is 191 Å². The minimum absolute atomic E-state index is 0.317. The molecule has 1 heterocycles. The number of ether oxygens (including phenoxy) is 1. The second kappa shape index (κ2) is 6.50. The summed E-state index contributed by atoms with van der Waals surface area (Å²) in [5.74, 6) is -2.62. The largest absolute Gasteiger partial charge is 0.462 e. The summed E-state index contributed by atoms with van der Waals surface area (Å²) >= 11 is 7.85. The van der Waals surface area contributed by atoms with Gasteiger partial charge in [0.15, 0.2) is 0 Å². The van der Waals surface area contributed by atoms with Gasteiger partial charge in [0.25, 0.3) is 0 Å². The van der Waals surface area contributed by atoms with Crippen molar-refractivity contribution in [1.82, 2.24) is 4.90 Å². The number of nitrogens with zero attached hydrogens (tertiary/aromatic N) is 1. The maximum absolute atomic E-state index is 13.6. The van der Waals surface area contributed by atoms with Gasteiger partial charge in [-0.1, -0.05) is 80.4 Å². The summed E-state index contributed by atoms with van der Waals surface area (Å²) in [6.45, 7) is 3.10. The highest BCUT2D eigenvalue weighted by Crippen LogP contribution is 2.70.